The van der Waals surface area contributed by atoms with Gasteiger partial charge in [0.15, 0.2) is 22.6 Å². The number of fused-ring (bicyclic) bond motifs is 1. The fourth-order valence-corrected chi connectivity index (χ4v) is 3.83. The molecule has 1 atom stereocenters. The summed E-state index contributed by atoms with van der Waals surface area (Å²) in [6.07, 6.45) is 1.03. The van der Waals surface area contributed by atoms with Crippen LogP contribution >= 0.6 is 11.6 Å². The smallest absolute Gasteiger partial charge is 0.297 e. The highest BCUT2D eigenvalue weighted by Gasteiger charge is 2.23. The van der Waals surface area contributed by atoms with Crippen molar-refractivity contribution in [3.63, 3.8) is 0 Å². The van der Waals surface area contributed by atoms with Crippen molar-refractivity contribution in [2.24, 2.45) is 0 Å². The Morgan fingerprint density at radius 2 is 1.97 bits per heavy atom. The third kappa shape index (κ3) is 4.50. The fourth-order valence-electron chi connectivity index (χ4n) is 3.69. The molecule has 4 aromatic rings. The van der Waals surface area contributed by atoms with Crippen molar-refractivity contribution < 1.29 is 18.8 Å². The van der Waals surface area contributed by atoms with E-state index >= 15 is 0 Å². The van der Waals surface area contributed by atoms with Crippen molar-refractivity contribution in [3.8, 4) is 17.2 Å². The molecule has 0 saturated heterocycles. The molecule has 4 rings (SSSR count). The molecule has 0 aliphatic heterocycles. The quantitative estimate of drug-likeness (QED) is 0.308. The summed E-state index contributed by atoms with van der Waals surface area (Å²) in [7, 11) is 1.31. The number of nitrogens with zero attached hydrogens (tertiary/aromatic N) is 2. The maximum absolute atomic E-state index is 13.2. The van der Waals surface area contributed by atoms with E-state index in [-0.39, 0.29) is 22.0 Å². The van der Waals surface area contributed by atoms with Gasteiger partial charge in [0.05, 0.1) is 12.5 Å². The van der Waals surface area contributed by atoms with Gasteiger partial charge in [0.25, 0.3) is 5.91 Å². The second kappa shape index (κ2) is 9.62. The third-order valence-electron chi connectivity index (χ3n) is 5.27. The predicted molar refractivity (Wildman–Crippen MR) is 128 cm³/mol. The molecular formula is C25H22ClN3O5. The van der Waals surface area contributed by atoms with Gasteiger partial charge < -0.3 is 9.15 Å². The number of rotatable bonds is 6. The fraction of sp³-hybridized carbons (Fsp3) is 0.200. The number of amides is 1. The Morgan fingerprint density at radius 3 is 2.68 bits per heavy atom. The number of carbonyl (C=O) groups excluding carboxylic acids is 1. The summed E-state index contributed by atoms with van der Waals surface area (Å²) in [6, 6.07) is 12.1. The van der Waals surface area contributed by atoms with Crippen molar-refractivity contribution in [3.05, 3.63) is 86.4 Å². The lowest BCUT2D eigenvalue weighted by Gasteiger charge is -2.19. The molecule has 0 unspecified atom stereocenters. The first kappa shape index (κ1) is 23.4. The first-order valence-electron chi connectivity index (χ1n) is 10.5. The topological polar surface area (TPSA) is 104 Å². The lowest BCUT2D eigenvalue weighted by molar-refractivity contribution is 0.0526. The molecule has 0 radical (unpaired) electrons. The van der Waals surface area contributed by atoms with Gasteiger partial charge in [0, 0.05) is 17.3 Å². The van der Waals surface area contributed by atoms with Crippen LogP contribution in [0.1, 0.15) is 40.2 Å². The van der Waals surface area contributed by atoms with Gasteiger partial charge in [-0.15, -0.1) is 0 Å². The summed E-state index contributed by atoms with van der Waals surface area (Å²) in [5.41, 5.74) is 4.94. The van der Waals surface area contributed by atoms with Gasteiger partial charge in [0.1, 0.15) is 22.5 Å². The molecule has 0 fully saturated rings. The number of aromatic nitrogens is 2. The summed E-state index contributed by atoms with van der Waals surface area (Å²) in [6.45, 7) is 5.40. The Hall–Kier alpha value is -3.75. The average molecular weight is 480 g/mol. The van der Waals surface area contributed by atoms with Crippen LogP contribution in [0.4, 0.5) is 0 Å². The first-order chi connectivity index (χ1) is 16.3. The van der Waals surface area contributed by atoms with Crippen LogP contribution in [0.15, 0.2) is 57.9 Å². The van der Waals surface area contributed by atoms with Gasteiger partial charge in [-0.2, -0.15) is 0 Å². The molecule has 0 aliphatic rings. The molecule has 1 aromatic carbocycles. The molecule has 1 N–H and O–H groups in total. The van der Waals surface area contributed by atoms with Crippen LogP contribution in [0.5, 0.6) is 5.75 Å². The summed E-state index contributed by atoms with van der Waals surface area (Å²) in [5.74, 6) is -0.0230. The molecule has 0 aliphatic carbocycles. The van der Waals surface area contributed by atoms with E-state index in [0.717, 1.165) is 5.56 Å². The molecule has 0 bridgehead atoms. The van der Waals surface area contributed by atoms with Gasteiger partial charge in [0.2, 0.25) is 0 Å². The SMILES string of the molecule is CONC(=O)c1nc(Cl)ccc1O[C@H](C)c1cc(C)cc2c(=O)c(C)c(-c3ccccn3)oc12. The van der Waals surface area contributed by atoms with Crippen LogP contribution in [0.3, 0.4) is 0 Å². The van der Waals surface area contributed by atoms with Crippen LogP contribution in [-0.4, -0.2) is 23.0 Å². The normalized spacial score (nSPS) is 11.9. The molecular weight excluding hydrogens is 458 g/mol. The molecule has 0 spiro atoms. The first-order valence-corrected chi connectivity index (χ1v) is 10.8. The second-order valence-electron chi connectivity index (χ2n) is 7.71. The lowest BCUT2D eigenvalue weighted by atomic mass is 10.0. The third-order valence-corrected chi connectivity index (χ3v) is 5.48. The number of hydrogen-bond donors (Lipinski definition) is 1. The van der Waals surface area contributed by atoms with Crippen molar-refractivity contribution in [1.82, 2.24) is 15.4 Å². The Bertz CT molecular complexity index is 1440. The highest BCUT2D eigenvalue weighted by Crippen LogP contribution is 2.33. The van der Waals surface area contributed by atoms with Gasteiger partial charge in [-0.25, -0.2) is 10.5 Å². The van der Waals surface area contributed by atoms with Crippen LogP contribution in [-0.2, 0) is 4.84 Å². The van der Waals surface area contributed by atoms with E-state index in [0.29, 0.717) is 33.6 Å². The van der Waals surface area contributed by atoms with Crippen molar-refractivity contribution in [1.29, 1.82) is 0 Å². The molecule has 1 amide bonds. The molecule has 34 heavy (non-hydrogen) atoms. The molecule has 8 nitrogen and oxygen atoms in total. The van der Waals surface area contributed by atoms with E-state index in [4.69, 9.17) is 25.6 Å². The van der Waals surface area contributed by atoms with E-state index in [1.807, 2.05) is 19.1 Å². The zero-order valence-electron chi connectivity index (χ0n) is 19.0. The highest BCUT2D eigenvalue weighted by atomic mass is 35.5. The number of hydroxylamine groups is 1. The van der Waals surface area contributed by atoms with Crippen molar-refractivity contribution in [2.75, 3.05) is 7.11 Å². The van der Waals surface area contributed by atoms with Gasteiger partial charge in [-0.3, -0.25) is 19.4 Å². The standard InChI is InChI=1S/C25H22ClN3O5/c1-13-11-16(15(3)33-19-8-9-20(26)28-21(19)25(31)29-32-4)24-17(12-13)22(30)14(2)23(34-24)18-7-5-6-10-27-18/h5-12,15H,1-4H3,(H,29,31)/t15-/m1/s1. The van der Waals surface area contributed by atoms with Crippen LogP contribution in [0.25, 0.3) is 22.4 Å². The highest BCUT2D eigenvalue weighted by molar-refractivity contribution is 6.29. The summed E-state index contributed by atoms with van der Waals surface area (Å²) >= 11 is 5.98. The number of aryl methyl sites for hydroxylation is 1. The van der Waals surface area contributed by atoms with Crippen molar-refractivity contribution >= 4 is 28.5 Å². The van der Waals surface area contributed by atoms with E-state index in [2.05, 4.69) is 15.4 Å². The minimum atomic E-state index is -0.610. The number of halogens is 1. The Kier molecular flexibility index (Phi) is 6.63. The zero-order chi connectivity index (χ0) is 24.4. The minimum Gasteiger partial charge on any atom is -0.483 e. The average Bonchev–Trinajstić information content (AvgIpc) is 2.83. The number of nitrogens with one attached hydrogen (secondary N) is 1. The maximum Gasteiger partial charge on any atom is 0.297 e. The van der Waals surface area contributed by atoms with E-state index in [1.54, 1.807) is 44.3 Å². The molecule has 174 valence electrons. The molecule has 9 heteroatoms. The second-order valence-corrected chi connectivity index (χ2v) is 8.09. The lowest BCUT2D eigenvalue weighted by Crippen LogP contribution is -2.24. The minimum absolute atomic E-state index is 0.0374. The monoisotopic (exact) mass is 479 g/mol. The largest absolute Gasteiger partial charge is 0.483 e. The number of benzene rings is 1. The molecule has 3 heterocycles. The number of carbonyl (C=O) groups is 1. The maximum atomic E-state index is 13.2. The summed E-state index contributed by atoms with van der Waals surface area (Å²) in [4.78, 5) is 38.7. The molecule has 3 aromatic heterocycles. The summed E-state index contributed by atoms with van der Waals surface area (Å²) in [5, 5.41) is 0.568. The van der Waals surface area contributed by atoms with E-state index < -0.39 is 12.0 Å². The summed E-state index contributed by atoms with van der Waals surface area (Å²) < 4.78 is 12.4. The van der Waals surface area contributed by atoms with Gasteiger partial charge in [-0.05, 0) is 62.7 Å². The van der Waals surface area contributed by atoms with Gasteiger partial charge >= 0.3 is 0 Å². The van der Waals surface area contributed by atoms with E-state index in [1.165, 1.54) is 13.2 Å². The Morgan fingerprint density at radius 1 is 1.18 bits per heavy atom. The number of pyridine rings is 2. The van der Waals surface area contributed by atoms with E-state index in [9.17, 15) is 9.59 Å². The predicted octanol–water partition coefficient (Wildman–Crippen LogP) is 4.95. The number of hydrogen-bond acceptors (Lipinski definition) is 7. The zero-order valence-corrected chi connectivity index (χ0v) is 19.8. The Balaban J connectivity index is 1.84. The van der Waals surface area contributed by atoms with Crippen LogP contribution < -0.4 is 15.6 Å². The van der Waals surface area contributed by atoms with Gasteiger partial charge in [-0.1, -0.05) is 17.7 Å². The van der Waals surface area contributed by atoms with Crippen molar-refractivity contribution in [2.45, 2.75) is 26.9 Å². The number of ether oxygens (including phenoxy) is 1. The van der Waals surface area contributed by atoms with Crippen LogP contribution in [0, 0.1) is 13.8 Å². The van der Waals surface area contributed by atoms with Crippen LogP contribution in [0.2, 0.25) is 5.15 Å². The Labute approximate surface area is 200 Å². The molecule has 0 saturated carbocycles.